The Bertz CT molecular complexity index is 4060. The van der Waals surface area contributed by atoms with Crippen LogP contribution in [0.15, 0.2) is 146 Å². The van der Waals surface area contributed by atoms with Crippen molar-refractivity contribution in [2.45, 2.75) is 96.8 Å². The molecular weight excluding hydrogens is 884 g/mol. The Morgan fingerprint density at radius 3 is 2.07 bits per heavy atom. The van der Waals surface area contributed by atoms with Crippen molar-refractivity contribution in [3.8, 4) is 38.4 Å². The first-order valence-electron chi connectivity index (χ1n) is 25.2. The fourth-order valence-electron chi connectivity index (χ4n) is 12.8. The van der Waals surface area contributed by atoms with E-state index >= 15 is 0 Å². The van der Waals surface area contributed by atoms with Crippen LogP contribution in [0.1, 0.15) is 103 Å². The molecule has 1 N–H and O–H groups in total. The van der Waals surface area contributed by atoms with Crippen molar-refractivity contribution in [3.63, 3.8) is 0 Å². The van der Waals surface area contributed by atoms with Gasteiger partial charge < -0.3 is 9.88 Å². The Hall–Kier alpha value is -6.40. The summed E-state index contributed by atoms with van der Waals surface area (Å²) in [6.45, 7) is 21.6. The monoisotopic (exact) mass is 939 g/mol. The third-order valence-corrected chi connectivity index (χ3v) is 19.2. The summed E-state index contributed by atoms with van der Waals surface area (Å²) in [5, 5.41) is 10.8. The summed E-state index contributed by atoms with van der Waals surface area (Å²) < 4.78 is 6.71. The third kappa shape index (κ3) is 5.97. The van der Waals surface area contributed by atoms with E-state index in [0.29, 0.717) is 0 Å². The molecule has 0 unspecified atom stereocenters. The molecule has 0 amide bonds. The molecule has 4 heterocycles. The summed E-state index contributed by atoms with van der Waals surface area (Å²) in [5.74, 6) is 0. The van der Waals surface area contributed by atoms with Gasteiger partial charge in [-0.25, -0.2) is 0 Å². The lowest BCUT2D eigenvalue weighted by molar-refractivity contribution is 0.332. The van der Waals surface area contributed by atoms with E-state index in [0.717, 1.165) is 11.4 Å². The number of aromatic nitrogens is 1. The Balaban J connectivity index is 1.14. The van der Waals surface area contributed by atoms with Crippen LogP contribution in [-0.4, -0.2) is 11.8 Å². The fourth-order valence-corrected chi connectivity index (χ4v) is 15.1. The molecular formula is C65H56BN2S2. The highest BCUT2D eigenvalue weighted by Gasteiger charge is 2.41. The summed E-state index contributed by atoms with van der Waals surface area (Å²) in [4.78, 5) is 1.30. The zero-order valence-electron chi connectivity index (χ0n) is 41.6. The minimum atomic E-state index is -0.164. The van der Waals surface area contributed by atoms with Crippen LogP contribution in [0.3, 0.4) is 0 Å². The van der Waals surface area contributed by atoms with E-state index in [1.807, 2.05) is 22.7 Å². The predicted octanol–water partition coefficient (Wildman–Crippen LogP) is 17.4. The number of benzene rings is 8. The molecule has 14 rings (SSSR count). The van der Waals surface area contributed by atoms with E-state index in [4.69, 9.17) is 0 Å². The van der Waals surface area contributed by atoms with Gasteiger partial charge in [-0.3, -0.25) is 0 Å². The number of hydrogen-bond donors (Lipinski definition) is 1. The lowest BCUT2D eigenvalue weighted by Crippen LogP contribution is -2.37. The number of hydrogen-bond acceptors (Lipinski definition) is 3. The molecule has 3 aliphatic rings. The van der Waals surface area contributed by atoms with Crippen molar-refractivity contribution >= 4 is 104 Å². The zero-order valence-corrected chi connectivity index (χ0v) is 43.2. The molecule has 11 aromatic rings. The fraction of sp³-hybridized carbons (Fsp3) is 0.231. The van der Waals surface area contributed by atoms with Gasteiger partial charge in [-0.1, -0.05) is 159 Å². The molecule has 1 radical (unpaired) electrons. The van der Waals surface area contributed by atoms with Crippen molar-refractivity contribution in [3.05, 3.63) is 173 Å². The first kappa shape index (κ1) is 42.5. The lowest BCUT2D eigenvalue weighted by Gasteiger charge is -2.42. The standard InChI is InChI=1S/C65H56BN2S2/c1-62(2,3)38-23-25-39(26-24-38)67-50-33-46-42(40-19-13-15-21-45(40)65(46,8)9)31-43(50)56-57-41-20-14-16-22-53(41)70-61(57)58-44-32-47-48(64(6,7)28-27-63(47,4)5)34-51(44)68-52-35-55-37(29-49(52)66-59(56)60(58)68)30-54(69-55)36-17-11-10-12-18-36/h10-26,29-35,67H,27-28H2,1-9H3. The molecule has 70 heavy (non-hydrogen) atoms. The quantitative estimate of drug-likeness (QED) is 0.174. The van der Waals surface area contributed by atoms with Crippen molar-refractivity contribution in [1.29, 1.82) is 0 Å². The van der Waals surface area contributed by atoms with Gasteiger partial charge in [0.25, 0.3) is 0 Å². The lowest BCUT2D eigenvalue weighted by atomic mass is 9.58. The summed E-state index contributed by atoms with van der Waals surface area (Å²) in [6.07, 6.45) is 2.35. The van der Waals surface area contributed by atoms with Crippen molar-refractivity contribution in [2.75, 3.05) is 5.32 Å². The molecule has 0 bridgehead atoms. The van der Waals surface area contributed by atoms with Gasteiger partial charge in [-0.15, -0.1) is 22.7 Å². The highest BCUT2D eigenvalue weighted by molar-refractivity contribution is 7.27. The minimum Gasteiger partial charge on any atom is -0.355 e. The Labute approximate surface area is 420 Å². The van der Waals surface area contributed by atoms with E-state index in [-0.39, 0.29) is 21.7 Å². The van der Waals surface area contributed by atoms with E-state index < -0.39 is 0 Å². The number of anilines is 2. The van der Waals surface area contributed by atoms with Crippen LogP contribution < -0.4 is 16.2 Å². The number of nitrogens with one attached hydrogen (secondary N) is 1. The molecule has 8 aromatic carbocycles. The zero-order chi connectivity index (χ0) is 47.8. The highest BCUT2D eigenvalue weighted by atomic mass is 32.1. The molecule has 341 valence electrons. The third-order valence-electron chi connectivity index (χ3n) is 16.8. The number of fused-ring (bicyclic) bond motifs is 14. The van der Waals surface area contributed by atoms with Crippen LogP contribution in [0.25, 0.3) is 90.4 Å². The smallest absolute Gasteiger partial charge is 0.197 e. The SMILES string of the molecule is CC(C)(C)c1ccc(Nc2cc3c(cc2-c2c4c5c(c6cc7c(cc6n5-c5cc6sc(-c8ccccc8)cc6cc5[B]4)C(C)(C)CCC7(C)C)c4sc5ccccc5c24)-c2ccccc2C3(C)C)cc1. The highest BCUT2D eigenvalue weighted by Crippen LogP contribution is 2.56. The molecule has 2 aliphatic carbocycles. The van der Waals surface area contributed by atoms with Crippen LogP contribution in [0.2, 0.25) is 0 Å². The molecule has 5 heteroatoms. The van der Waals surface area contributed by atoms with E-state index in [2.05, 4.69) is 225 Å². The second kappa shape index (κ2) is 14.4. The molecule has 0 spiro atoms. The average molecular weight is 940 g/mol. The predicted molar refractivity (Wildman–Crippen MR) is 306 cm³/mol. The largest absolute Gasteiger partial charge is 0.355 e. The minimum absolute atomic E-state index is 0.0583. The van der Waals surface area contributed by atoms with E-state index in [1.165, 1.54) is 142 Å². The van der Waals surface area contributed by atoms with Crippen LogP contribution in [0.4, 0.5) is 11.4 Å². The van der Waals surface area contributed by atoms with Gasteiger partial charge in [0, 0.05) is 68.6 Å². The molecule has 2 nitrogen and oxygen atoms in total. The van der Waals surface area contributed by atoms with Crippen molar-refractivity contribution in [1.82, 2.24) is 4.57 Å². The summed E-state index contributed by atoms with van der Waals surface area (Å²) in [5.41, 5.74) is 22.2. The Morgan fingerprint density at radius 1 is 0.586 bits per heavy atom. The topological polar surface area (TPSA) is 17.0 Å². The van der Waals surface area contributed by atoms with Crippen LogP contribution in [0, 0.1) is 0 Å². The molecule has 0 fully saturated rings. The summed E-state index contributed by atoms with van der Waals surface area (Å²) >= 11 is 3.88. The normalized spacial score (nSPS) is 16.1. The van der Waals surface area contributed by atoms with Gasteiger partial charge in [0.05, 0.1) is 11.0 Å². The van der Waals surface area contributed by atoms with Gasteiger partial charge in [-0.05, 0) is 145 Å². The first-order valence-corrected chi connectivity index (χ1v) is 26.8. The van der Waals surface area contributed by atoms with Gasteiger partial charge >= 0.3 is 0 Å². The van der Waals surface area contributed by atoms with Gasteiger partial charge in [-0.2, -0.15) is 0 Å². The molecule has 0 atom stereocenters. The molecule has 1 aliphatic heterocycles. The molecule has 0 saturated heterocycles. The molecule has 3 aromatic heterocycles. The van der Waals surface area contributed by atoms with Gasteiger partial charge in [0.2, 0.25) is 0 Å². The van der Waals surface area contributed by atoms with Gasteiger partial charge in [0.1, 0.15) is 0 Å². The maximum absolute atomic E-state index is 4.11. The Kier molecular flexibility index (Phi) is 8.72. The van der Waals surface area contributed by atoms with E-state index in [9.17, 15) is 0 Å². The van der Waals surface area contributed by atoms with Crippen molar-refractivity contribution < 1.29 is 0 Å². The van der Waals surface area contributed by atoms with Crippen LogP contribution in [-0.2, 0) is 21.7 Å². The number of nitrogens with zero attached hydrogens (tertiary/aromatic N) is 1. The summed E-state index contributed by atoms with van der Waals surface area (Å²) in [6, 6.07) is 56.1. The van der Waals surface area contributed by atoms with Crippen LogP contribution >= 0.6 is 22.7 Å². The maximum atomic E-state index is 4.11. The maximum Gasteiger partial charge on any atom is 0.197 e. The molecule has 0 saturated carbocycles. The van der Waals surface area contributed by atoms with Crippen LogP contribution in [0.5, 0.6) is 0 Å². The van der Waals surface area contributed by atoms with Crippen molar-refractivity contribution in [2.24, 2.45) is 0 Å². The average Bonchev–Trinajstić information content (AvgIpc) is 4.09. The summed E-state index contributed by atoms with van der Waals surface area (Å²) in [7, 11) is 2.57. The number of thiophene rings is 2. The second-order valence-corrected chi connectivity index (χ2v) is 25.6. The second-order valence-electron chi connectivity index (χ2n) is 23.5. The van der Waals surface area contributed by atoms with Gasteiger partial charge in [0.15, 0.2) is 7.28 Å². The number of rotatable bonds is 4. The van der Waals surface area contributed by atoms with E-state index in [1.54, 1.807) is 0 Å². The first-order chi connectivity index (χ1) is 33.5. The Morgan fingerprint density at radius 2 is 1.30 bits per heavy atom.